The van der Waals surface area contributed by atoms with Crippen LogP contribution in [0, 0.1) is 0 Å². The van der Waals surface area contributed by atoms with Crippen molar-refractivity contribution in [2.45, 2.75) is 31.7 Å². The Bertz CT molecular complexity index is 908. The third-order valence-corrected chi connectivity index (χ3v) is 4.79. The summed E-state index contributed by atoms with van der Waals surface area (Å²) in [4.78, 5) is 17.9. The minimum atomic E-state index is -4.43. The number of nitrogens with one attached hydrogen (secondary N) is 1. The molecule has 2 heterocycles. The van der Waals surface area contributed by atoms with Gasteiger partial charge in [0.25, 0.3) is 0 Å². The second kappa shape index (κ2) is 9.76. The number of pyridine rings is 1. The van der Waals surface area contributed by atoms with Crippen LogP contribution in [0.15, 0.2) is 48.7 Å². The molecule has 166 valence electrons. The number of anilines is 1. The van der Waals surface area contributed by atoms with Crippen molar-refractivity contribution in [3.8, 4) is 5.75 Å². The number of rotatable bonds is 6. The van der Waals surface area contributed by atoms with Gasteiger partial charge in [0.15, 0.2) is 0 Å². The molecule has 1 amide bonds. The van der Waals surface area contributed by atoms with E-state index in [1.54, 1.807) is 18.2 Å². The van der Waals surface area contributed by atoms with E-state index >= 15 is 0 Å². The fourth-order valence-electron chi connectivity index (χ4n) is 3.23. The van der Waals surface area contributed by atoms with Crippen molar-refractivity contribution in [3.63, 3.8) is 0 Å². The normalized spacial score (nSPS) is 15.5. The zero-order valence-corrected chi connectivity index (χ0v) is 16.3. The summed E-state index contributed by atoms with van der Waals surface area (Å²) in [6, 6.07) is 8.34. The molecule has 31 heavy (non-hydrogen) atoms. The van der Waals surface area contributed by atoms with Gasteiger partial charge in [0.2, 0.25) is 5.91 Å². The van der Waals surface area contributed by atoms with Gasteiger partial charge in [0.1, 0.15) is 11.6 Å². The van der Waals surface area contributed by atoms with Gasteiger partial charge in [0, 0.05) is 37.0 Å². The molecule has 5 nitrogen and oxygen atoms in total. The third-order valence-electron chi connectivity index (χ3n) is 4.79. The van der Waals surface area contributed by atoms with Crippen LogP contribution >= 0.6 is 0 Å². The summed E-state index contributed by atoms with van der Waals surface area (Å²) in [6.45, 7) is -1.91. The molecular formula is C21H20F5N3O2. The summed E-state index contributed by atoms with van der Waals surface area (Å²) in [7, 11) is 0. The fraction of sp³-hybridized carbons (Fsp3) is 0.333. The van der Waals surface area contributed by atoms with Gasteiger partial charge in [0.05, 0.1) is 5.56 Å². The molecule has 0 atom stereocenters. The molecule has 0 aliphatic carbocycles. The van der Waals surface area contributed by atoms with Gasteiger partial charge >= 0.3 is 12.8 Å². The molecule has 1 aliphatic heterocycles. The second-order valence-electron chi connectivity index (χ2n) is 6.92. The van der Waals surface area contributed by atoms with Crippen molar-refractivity contribution in [2.24, 2.45) is 0 Å². The first-order chi connectivity index (χ1) is 14.7. The first kappa shape index (κ1) is 22.5. The van der Waals surface area contributed by atoms with E-state index in [1.165, 1.54) is 24.3 Å². The van der Waals surface area contributed by atoms with Crippen LogP contribution in [-0.2, 0) is 11.0 Å². The highest BCUT2D eigenvalue weighted by Crippen LogP contribution is 2.30. The monoisotopic (exact) mass is 441 g/mol. The Morgan fingerprint density at radius 2 is 1.87 bits per heavy atom. The Labute approximate surface area is 175 Å². The molecule has 0 saturated carbocycles. The summed E-state index contributed by atoms with van der Waals surface area (Å²) in [5, 5.41) is 2.84. The van der Waals surface area contributed by atoms with Crippen molar-refractivity contribution in [1.29, 1.82) is 0 Å². The number of carbonyl (C=O) groups excluding carboxylic acids is 1. The number of hydrogen-bond donors (Lipinski definition) is 1. The number of halogens is 5. The lowest BCUT2D eigenvalue weighted by atomic mass is 10.0. The van der Waals surface area contributed by atoms with E-state index < -0.39 is 18.4 Å². The molecule has 1 aromatic carbocycles. The fourth-order valence-corrected chi connectivity index (χ4v) is 3.23. The lowest BCUT2D eigenvalue weighted by Crippen LogP contribution is -2.44. The lowest BCUT2D eigenvalue weighted by molar-refractivity contribution is -0.137. The van der Waals surface area contributed by atoms with E-state index in [4.69, 9.17) is 0 Å². The molecule has 1 N–H and O–H groups in total. The summed E-state index contributed by atoms with van der Waals surface area (Å²) in [5.41, 5.74) is -0.452. The molecule has 0 radical (unpaired) electrons. The minimum absolute atomic E-state index is 0.0288. The standard InChI is InChI=1S/C21H20F5N3O2/c22-20(23)31-17-4-2-1-3-14(17)5-8-19(30)28-16-9-11-29(12-10-16)18-7-6-15(13-27-18)21(24,25)26/h1-8,13,16,20H,9-12H2,(H,28,30). The van der Waals surface area contributed by atoms with Crippen LogP contribution in [0.3, 0.4) is 0 Å². The smallest absolute Gasteiger partial charge is 0.417 e. The molecule has 3 rings (SSSR count). The topological polar surface area (TPSA) is 54.5 Å². The van der Waals surface area contributed by atoms with Gasteiger partial charge in [-0.15, -0.1) is 0 Å². The van der Waals surface area contributed by atoms with E-state index in [1.807, 2.05) is 4.90 Å². The quantitative estimate of drug-likeness (QED) is 0.530. The molecule has 0 bridgehead atoms. The lowest BCUT2D eigenvalue weighted by Gasteiger charge is -2.33. The Morgan fingerprint density at radius 3 is 2.48 bits per heavy atom. The predicted octanol–water partition coefficient (Wildman–Crippen LogP) is 4.50. The van der Waals surface area contributed by atoms with Gasteiger partial charge in [-0.2, -0.15) is 22.0 Å². The van der Waals surface area contributed by atoms with E-state index in [9.17, 15) is 26.7 Å². The van der Waals surface area contributed by atoms with Crippen molar-refractivity contribution < 1.29 is 31.5 Å². The molecule has 0 unspecified atom stereocenters. The highest BCUT2D eigenvalue weighted by molar-refractivity contribution is 5.92. The summed E-state index contributed by atoms with van der Waals surface area (Å²) >= 11 is 0. The van der Waals surface area contributed by atoms with Gasteiger partial charge in [-0.05, 0) is 37.1 Å². The average Bonchev–Trinajstić information content (AvgIpc) is 2.73. The molecule has 2 aromatic rings. The number of piperidine rings is 1. The molecule has 1 fully saturated rings. The van der Waals surface area contributed by atoms with Crippen LogP contribution in [-0.4, -0.2) is 36.6 Å². The van der Waals surface area contributed by atoms with Crippen LogP contribution in [0.5, 0.6) is 5.75 Å². The summed E-state index contributed by atoms with van der Waals surface area (Å²) in [6.07, 6.45) is 0.207. The van der Waals surface area contributed by atoms with Crippen molar-refractivity contribution >= 4 is 17.8 Å². The number of alkyl halides is 5. The van der Waals surface area contributed by atoms with Crippen LogP contribution < -0.4 is 15.0 Å². The van der Waals surface area contributed by atoms with Gasteiger partial charge in [-0.3, -0.25) is 4.79 Å². The second-order valence-corrected chi connectivity index (χ2v) is 6.92. The highest BCUT2D eigenvalue weighted by atomic mass is 19.4. The summed E-state index contributed by atoms with van der Waals surface area (Å²) in [5.74, 6) is 0.0464. The third kappa shape index (κ3) is 6.40. The maximum absolute atomic E-state index is 12.6. The van der Waals surface area contributed by atoms with Crippen LogP contribution in [0.1, 0.15) is 24.0 Å². The molecule has 1 saturated heterocycles. The van der Waals surface area contributed by atoms with Gasteiger partial charge in [-0.1, -0.05) is 18.2 Å². The minimum Gasteiger partial charge on any atom is -0.434 e. The number of benzene rings is 1. The van der Waals surface area contributed by atoms with Crippen LogP contribution in [0.4, 0.5) is 27.8 Å². The zero-order valence-electron chi connectivity index (χ0n) is 16.3. The Hall–Kier alpha value is -3.17. The van der Waals surface area contributed by atoms with Crippen molar-refractivity contribution in [1.82, 2.24) is 10.3 Å². The van der Waals surface area contributed by atoms with Crippen LogP contribution in [0.2, 0.25) is 0 Å². The number of carbonyl (C=O) groups is 1. The Kier molecular flexibility index (Phi) is 7.09. The molecule has 10 heteroatoms. The average molecular weight is 441 g/mol. The highest BCUT2D eigenvalue weighted by Gasteiger charge is 2.31. The first-order valence-electron chi connectivity index (χ1n) is 9.53. The largest absolute Gasteiger partial charge is 0.434 e. The first-order valence-corrected chi connectivity index (χ1v) is 9.53. The number of para-hydroxylation sites is 1. The van der Waals surface area contributed by atoms with E-state index in [-0.39, 0.29) is 17.7 Å². The molecular weight excluding hydrogens is 421 g/mol. The molecule has 1 aromatic heterocycles. The van der Waals surface area contributed by atoms with E-state index in [0.29, 0.717) is 37.3 Å². The number of nitrogens with zero attached hydrogens (tertiary/aromatic N) is 2. The Balaban J connectivity index is 1.51. The van der Waals surface area contributed by atoms with Gasteiger partial charge in [-0.25, -0.2) is 4.98 Å². The number of aromatic nitrogens is 1. The van der Waals surface area contributed by atoms with E-state index in [0.717, 1.165) is 12.3 Å². The SMILES string of the molecule is O=C(C=Cc1ccccc1OC(F)F)NC1CCN(c2ccc(C(F)(F)F)cn2)CC1. The maximum atomic E-state index is 12.6. The van der Waals surface area contributed by atoms with Crippen LogP contribution in [0.25, 0.3) is 6.08 Å². The molecule has 1 aliphatic rings. The van der Waals surface area contributed by atoms with E-state index in [2.05, 4.69) is 15.0 Å². The number of ether oxygens (including phenoxy) is 1. The van der Waals surface area contributed by atoms with Crippen molar-refractivity contribution in [3.05, 3.63) is 59.8 Å². The summed E-state index contributed by atoms with van der Waals surface area (Å²) < 4.78 is 67.3. The predicted molar refractivity (Wildman–Crippen MR) is 105 cm³/mol. The van der Waals surface area contributed by atoms with Gasteiger partial charge < -0.3 is 15.0 Å². The van der Waals surface area contributed by atoms with Crippen molar-refractivity contribution in [2.75, 3.05) is 18.0 Å². The maximum Gasteiger partial charge on any atom is 0.417 e. The Morgan fingerprint density at radius 1 is 1.16 bits per heavy atom. The zero-order chi connectivity index (χ0) is 22.4. The molecule has 0 spiro atoms. The number of hydrogen-bond acceptors (Lipinski definition) is 4. The number of amides is 1.